The summed E-state index contributed by atoms with van der Waals surface area (Å²) >= 11 is 1.85. The molecule has 0 unspecified atom stereocenters. The van der Waals surface area contributed by atoms with Crippen LogP contribution in [0, 0.1) is 6.92 Å². The van der Waals surface area contributed by atoms with Gasteiger partial charge in [-0.25, -0.2) is 4.68 Å². The first-order valence-corrected chi connectivity index (χ1v) is 12.2. The van der Waals surface area contributed by atoms with Crippen LogP contribution in [-0.2, 0) is 6.54 Å². The van der Waals surface area contributed by atoms with Crippen molar-refractivity contribution in [3.63, 3.8) is 0 Å². The molecule has 0 aliphatic carbocycles. The van der Waals surface area contributed by atoms with Gasteiger partial charge in [-0.3, -0.25) is 14.4 Å². The molecule has 8 nitrogen and oxygen atoms in total. The standard InChI is InChI=1S/C25H26N4O4S/c1-18-17-19(25(32)28-12-15-34-16-13-28)7-8-21(18)26-24(31)22-9-10-23(30)29(27-22)11-14-33-20-5-3-2-4-6-20/h2-10,17H,11-16H2,1H3,(H,26,31). The smallest absolute Gasteiger partial charge is 0.276 e. The van der Waals surface area contributed by atoms with Gasteiger partial charge >= 0.3 is 0 Å². The molecular formula is C25H26N4O4S. The summed E-state index contributed by atoms with van der Waals surface area (Å²) in [5.74, 6) is 2.17. The zero-order valence-electron chi connectivity index (χ0n) is 18.9. The Kier molecular flexibility index (Phi) is 7.64. The molecule has 1 aromatic heterocycles. The van der Waals surface area contributed by atoms with E-state index in [1.165, 1.54) is 16.8 Å². The van der Waals surface area contributed by atoms with Gasteiger partial charge in [-0.15, -0.1) is 0 Å². The molecule has 0 saturated carbocycles. The summed E-state index contributed by atoms with van der Waals surface area (Å²) in [5, 5.41) is 7.01. The molecule has 4 rings (SSSR count). The second-order valence-corrected chi connectivity index (χ2v) is 9.05. The number of nitrogens with one attached hydrogen (secondary N) is 1. The molecule has 2 heterocycles. The first-order chi connectivity index (χ1) is 16.5. The number of ether oxygens (including phenoxy) is 1. The van der Waals surface area contributed by atoms with Crippen molar-refractivity contribution in [3.05, 3.63) is 87.8 Å². The summed E-state index contributed by atoms with van der Waals surface area (Å²) in [4.78, 5) is 39.5. The Morgan fingerprint density at radius 2 is 1.82 bits per heavy atom. The fourth-order valence-electron chi connectivity index (χ4n) is 3.57. The van der Waals surface area contributed by atoms with E-state index in [1.807, 2.05) is 53.9 Å². The number of aromatic nitrogens is 2. The van der Waals surface area contributed by atoms with Gasteiger partial charge in [0.15, 0.2) is 0 Å². The lowest BCUT2D eigenvalue weighted by molar-refractivity contribution is 0.0772. The number of thioether (sulfide) groups is 1. The van der Waals surface area contributed by atoms with Crippen molar-refractivity contribution in [2.24, 2.45) is 0 Å². The summed E-state index contributed by atoms with van der Waals surface area (Å²) in [6.07, 6.45) is 0. The fraction of sp³-hybridized carbons (Fsp3) is 0.280. The number of aryl methyl sites for hydroxylation is 1. The van der Waals surface area contributed by atoms with Crippen molar-refractivity contribution in [3.8, 4) is 5.75 Å². The molecule has 9 heteroatoms. The van der Waals surface area contributed by atoms with Crippen molar-refractivity contribution in [1.29, 1.82) is 0 Å². The van der Waals surface area contributed by atoms with E-state index in [9.17, 15) is 14.4 Å². The summed E-state index contributed by atoms with van der Waals surface area (Å²) in [6, 6.07) is 17.2. The summed E-state index contributed by atoms with van der Waals surface area (Å²) in [5.41, 5.74) is 1.76. The van der Waals surface area contributed by atoms with E-state index in [1.54, 1.807) is 18.2 Å². The molecule has 0 atom stereocenters. The molecule has 3 aromatic rings. The van der Waals surface area contributed by atoms with Crippen LogP contribution in [0.4, 0.5) is 5.69 Å². The Balaban J connectivity index is 1.40. The Morgan fingerprint density at radius 3 is 2.56 bits per heavy atom. The number of para-hydroxylation sites is 1. The van der Waals surface area contributed by atoms with Gasteiger partial charge in [-0.2, -0.15) is 16.9 Å². The average Bonchev–Trinajstić information content (AvgIpc) is 2.87. The minimum atomic E-state index is -0.437. The number of carbonyl (C=O) groups is 2. The number of amides is 2. The second kappa shape index (κ2) is 11.0. The van der Waals surface area contributed by atoms with Crippen LogP contribution in [0.2, 0.25) is 0 Å². The van der Waals surface area contributed by atoms with Crippen LogP contribution >= 0.6 is 11.8 Å². The highest BCUT2D eigenvalue weighted by molar-refractivity contribution is 7.99. The lowest BCUT2D eigenvalue weighted by Gasteiger charge is -2.26. The topological polar surface area (TPSA) is 93.5 Å². The third-order valence-electron chi connectivity index (χ3n) is 5.43. The summed E-state index contributed by atoms with van der Waals surface area (Å²) in [6.45, 7) is 3.79. The number of benzene rings is 2. The van der Waals surface area contributed by atoms with E-state index in [0.717, 1.165) is 30.2 Å². The zero-order valence-corrected chi connectivity index (χ0v) is 19.7. The van der Waals surface area contributed by atoms with Crippen molar-refractivity contribution in [2.75, 3.05) is 36.5 Å². The second-order valence-electron chi connectivity index (χ2n) is 7.83. The molecule has 0 radical (unpaired) electrons. The minimum absolute atomic E-state index is 0.00717. The maximum atomic E-state index is 12.8. The molecule has 1 aliphatic rings. The SMILES string of the molecule is Cc1cc(C(=O)N2CCSCC2)ccc1NC(=O)c1ccc(=O)n(CCOc2ccccc2)n1. The molecule has 176 valence electrons. The van der Waals surface area contributed by atoms with Crippen LogP contribution in [-0.4, -0.2) is 57.7 Å². The van der Waals surface area contributed by atoms with Crippen molar-refractivity contribution >= 4 is 29.3 Å². The molecule has 34 heavy (non-hydrogen) atoms. The van der Waals surface area contributed by atoms with Gasteiger partial charge in [0.2, 0.25) is 0 Å². The summed E-state index contributed by atoms with van der Waals surface area (Å²) < 4.78 is 6.83. The van der Waals surface area contributed by atoms with Gasteiger partial charge in [0, 0.05) is 41.9 Å². The van der Waals surface area contributed by atoms with Gasteiger partial charge in [-0.05, 0) is 48.9 Å². The fourth-order valence-corrected chi connectivity index (χ4v) is 4.47. The average molecular weight is 479 g/mol. The molecule has 0 bridgehead atoms. The molecule has 1 saturated heterocycles. The molecule has 2 aromatic carbocycles. The Hall–Kier alpha value is -3.59. The molecule has 1 fully saturated rings. The number of rotatable bonds is 7. The lowest BCUT2D eigenvalue weighted by atomic mass is 10.1. The van der Waals surface area contributed by atoms with Gasteiger partial charge < -0.3 is 15.0 Å². The maximum absolute atomic E-state index is 12.8. The van der Waals surface area contributed by atoms with Gasteiger partial charge in [-0.1, -0.05) is 18.2 Å². The van der Waals surface area contributed by atoms with Crippen LogP contribution < -0.4 is 15.6 Å². The van der Waals surface area contributed by atoms with Crippen molar-refractivity contribution < 1.29 is 14.3 Å². The molecule has 1 aliphatic heterocycles. The number of anilines is 1. The first-order valence-electron chi connectivity index (χ1n) is 11.1. The molecule has 1 N–H and O–H groups in total. The van der Waals surface area contributed by atoms with Crippen LogP contribution in [0.25, 0.3) is 0 Å². The van der Waals surface area contributed by atoms with Crippen LogP contribution in [0.5, 0.6) is 5.75 Å². The monoisotopic (exact) mass is 478 g/mol. The highest BCUT2D eigenvalue weighted by Crippen LogP contribution is 2.20. The number of nitrogens with zero attached hydrogens (tertiary/aromatic N) is 3. The maximum Gasteiger partial charge on any atom is 0.276 e. The van der Waals surface area contributed by atoms with Crippen molar-refractivity contribution in [2.45, 2.75) is 13.5 Å². The Labute approximate surface area is 201 Å². The van der Waals surface area contributed by atoms with Gasteiger partial charge in [0.25, 0.3) is 17.4 Å². The van der Waals surface area contributed by atoms with E-state index >= 15 is 0 Å². The van der Waals surface area contributed by atoms with Crippen molar-refractivity contribution in [1.82, 2.24) is 14.7 Å². The highest BCUT2D eigenvalue weighted by atomic mass is 32.2. The third-order valence-corrected chi connectivity index (χ3v) is 6.38. The quantitative estimate of drug-likeness (QED) is 0.561. The van der Waals surface area contributed by atoms with Crippen LogP contribution in [0.3, 0.4) is 0 Å². The van der Waals surface area contributed by atoms with Gasteiger partial charge in [0.1, 0.15) is 18.1 Å². The largest absolute Gasteiger partial charge is 0.492 e. The molecular weight excluding hydrogens is 452 g/mol. The van der Waals surface area contributed by atoms with Crippen LogP contribution in [0.1, 0.15) is 26.4 Å². The molecule has 2 amide bonds. The predicted molar refractivity (Wildman–Crippen MR) is 133 cm³/mol. The van der Waals surface area contributed by atoms with E-state index in [4.69, 9.17) is 4.74 Å². The van der Waals surface area contributed by atoms with E-state index < -0.39 is 5.91 Å². The third kappa shape index (κ3) is 5.85. The minimum Gasteiger partial charge on any atom is -0.492 e. The zero-order chi connectivity index (χ0) is 23.9. The number of carbonyl (C=O) groups excluding carboxylic acids is 2. The van der Waals surface area contributed by atoms with E-state index in [2.05, 4.69) is 10.4 Å². The van der Waals surface area contributed by atoms with Crippen LogP contribution in [0.15, 0.2) is 65.5 Å². The normalized spacial score (nSPS) is 13.4. The highest BCUT2D eigenvalue weighted by Gasteiger charge is 2.19. The van der Waals surface area contributed by atoms with E-state index in [0.29, 0.717) is 17.0 Å². The molecule has 0 spiro atoms. The lowest BCUT2D eigenvalue weighted by Crippen LogP contribution is -2.37. The summed E-state index contributed by atoms with van der Waals surface area (Å²) in [7, 11) is 0. The Morgan fingerprint density at radius 1 is 1.06 bits per heavy atom. The number of hydrogen-bond donors (Lipinski definition) is 1. The number of hydrogen-bond acceptors (Lipinski definition) is 6. The predicted octanol–water partition coefficient (Wildman–Crippen LogP) is 3.07. The van der Waals surface area contributed by atoms with E-state index in [-0.39, 0.29) is 30.3 Å². The van der Waals surface area contributed by atoms with Gasteiger partial charge in [0.05, 0.1) is 6.54 Å². The first kappa shape index (κ1) is 23.6. The Bertz CT molecular complexity index is 1220.